The highest BCUT2D eigenvalue weighted by Gasteiger charge is 2.22. The van der Waals surface area contributed by atoms with Crippen LogP contribution in [-0.4, -0.2) is 62.2 Å². The van der Waals surface area contributed by atoms with E-state index in [2.05, 4.69) is 50.0 Å². The Kier molecular flexibility index (Phi) is 7.20. The molecule has 1 rings (SSSR count). The molecule has 1 aliphatic heterocycles. The van der Waals surface area contributed by atoms with Crippen molar-refractivity contribution in [2.75, 3.05) is 40.3 Å². The summed E-state index contributed by atoms with van der Waals surface area (Å²) in [6.07, 6.45) is 4.01. The predicted molar refractivity (Wildman–Crippen MR) is 80.1 cm³/mol. The van der Waals surface area contributed by atoms with E-state index in [1.807, 2.05) is 0 Å². The molecular formula is C15H33N3. The van der Waals surface area contributed by atoms with Gasteiger partial charge in [-0.2, -0.15) is 0 Å². The van der Waals surface area contributed by atoms with E-state index in [4.69, 9.17) is 0 Å². The summed E-state index contributed by atoms with van der Waals surface area (Å²) in [7, 11) is 4.46. The molecule has 108 valence electrons. The van der Waals surface area contributed by atoms with Gasteiger partial charge in [0.2, 0.25) is 0 Å². The van der Waals surface area contributed by atoms with E-state index in [-0.39, 0.29) is 0 Å². The molecule has 0 saturated carbocycles. The molecule has 1 fully saturated rings. The lowest BCUT2D eigenvalue weighted by atomic mass is 9.92. The molecule has 0 aromatic rings. The van der Waals surface area contributed by atoms with Gasteiger partial charge in [-0.25, -0.2) is 0 Å². The van der Waals surface area contributed by atoms with Gasteiger partial charge in [0.25, 0.3) is 0 Å². The van der Waals surface area contributed by atoms with Crippen LogP contribution in [0.1, 0.15) is 40.0 Å². The second-order valence-corrected chi connectivity index (χ2v) is 6.34. The van der Waals surface area contributed by atoms with Crippen molar-refractivity contribution in [3.8, 4) is 0 Å². The van der Waals surface area contributed by atoms with Crippen molar-refractivity contribution in [2.24, 2.45) is 5.92 Å². The third kappa shape index (κ3) is 5.68. The van der Waals surface area contributed by atoms with E-state index >= 15 is 0 Å². The fourth-order valence-corrected chi connectivity index (χ4v) is 2.70. The van der Waals surface area contributed by atoms with Crippen LogP contribution in [0.5, 0.6) is 0 Å². The quantitative estimate of drug-likeness (QED) is 0.702. The van der Waals surface area contributed by atoms with Crippen LogP contribution < -0.4 is 5.32 Å². The van der Waals surface area contributed by atoms with Gasteiger partial charge in [0.1, 0.15) is 0 Å². The maximum absolute atomic E-state index is 3.71. The first kappa shape index (κ1) is 15.9. The maximum Gasteiger partial charge on any atom is 0.00792 e. The number of hydrogen-bond donors (Lipinski definition) is 1. The lowest BCUT2D eigenvalue weighted by molar-refractivity contribution is 0.177. The first-order chi connectivity index (χ1) is 8.50. The molecule has 2 unspecified atom stereocenters. The standard InChI is InChI=1S/C15H33N3/c1-13(2)18(5)11-7-9-16-14(3)15-8-6-10-17(4)12-15/h13-16H,6-12H2,1-5H3. The molecule has 1 heterocycles. The van der Waals surface area contributed by atoms with Gasteiger partial charge < -0.3 is 15.1 Å². The molecule has 0 aromatic heterocycles. The average molecular weight is 255 g/mol. The van der Waals surface area contributed by atoms with Gasteiger partial charge in [0.05, 0.1) is 0 Å². The number of nitrogens with one attached hydrogen (secondary N) is 1. The van der Waals surface area contributed by atoms with Gasteiger partial charge in [0, 0.05) is 18.6 Å². The smallest absolute Gasteiger partial charge is 0.00792 e. The molecule has 1 aliphatic rings. The van der Waals surface area contributed by atoms with Gasteiger partial charge in [-0.3, -0.25) is 0 Å². The molecule has 18 heavy (non-hydrogen) atoms. The monoisotopic (exact) mass is 255 g/mol. The lowest BCUT2D eigenvalue weighted by Gasteiger charge is -2.34. The van der Waals surface area contributed by atoms with Crippen LogP contribution in [0.25, 0.3) is 0 Å². The summed E-state index contributed by atoms with van der Waals surface area (Å²) in [5, 5.41) is 3.71. The Morgan fingerprint density at radius 2 is 2.06 bits per heavy atom. The fourth-order valence-electron chi connectivity index (χ4n) is 2.70. The van der Waals surface area contributed by atoms with E-state index in [1.54, 1.807) is 0 Å². The van der Waals surface area contributed by atoms with E-state index in [0.29, 0.717) is 12.1 Å². The van der Waals surface area contributed by atoms with Crippen molar-refractivity contribution in [2.45, 2.75) is 52.1 Å². The summed E-state index contributed by atoms with van der Waals surface area (Å²) in [6, 6.07) is 1.33. The van der Waals surface area contributed by atoms with E-state index < -0.39 is 0 Å². The molecule has 0 bridgehead atoms. The Balaban J connectivity index is 2.11. The first-order valence-electron chi connectivity index (χ1n) is 7.63. The number of hydrogen-bond acceptors (Lipinski definition) is 3. The summed E-state index contributed by atoms with van der Waals surface area (Å²) in [4.78, 5) is 4.89. The fraction of sp³-hybridized carbons (Fsp3) is 1.00. The number of piperidine rings is 1. The Morgan fingerprint density at radius 3 is 2.67 bits per heavy atom. The van der Waals surface area contributed by atoms with Crippen LogP contribution in [0.15, 0.2) is 0 Å². The minimum Gasteiger partial charge on any atom is -0.314 e. The Labute approximate surface area is 114 Å². The van der Waals surface area contributed by atoms with E-state index in [9.17, 15) is 0 Å². The molecule has 0 aromatic carbocycles. The highest BCUT2D eigenvalue weighted by atomic mass is 15.1. The van der Waals surface area contributed by atoms with Gasteiger partial charge in [-0.05, 0) is 79.7 Å². The second-order valence-electron chi connectivity index (χ2n) is 6.34. The molecule has 2 atom stereocenters. The molecule has 0 amide bonds. The largest absolute Gasteiger partial charge is 0.314 e. The van der Waals surface area contributed by atoms with Gasteiger partial charge in [-0.15, -0.1) is 0 Å². The summed E-state index contributed by atoms with van der Waals surface area (Å²) in [5.74, 6) is 0.839. The number of likely N-dealkylation sites (tertiary alicyclic amines) is 1. The van der Waals surface area contributed by atoms with Crippen LogP contribution in [0.4, 0.5) is 0 Å². The van der Waals surface area contributed by atoms with Crippen LogP contribution in [0.2, 0.25) is 0 Å². The van der Waals surface area contributed by atoms with Crippen LogP contribution >= 0.6 is 0 Å². The molecule has 3 heteroatoms. The van der Waals surface area contributed by atoms with Crippen molar-refractivity contribution >= 4 is 0 Å². The molecule has 0 aliphatic carbocycles. The van der Waals surface area contributed by atoms with Crippen LogP contribution in [-0.2, 0) is 0 Å². The average Bonchev–Trinajstić information content (AvgIpc) is 2.33. The molecule has 0 radical (unpaired) electrons. The van der Waals surface area contributed by atoms with Crippen LogP contribution in [0, 0.1) is 5.92 Å². The highest BCUT2D eigenvalue weighted by molar-refractivity contribution is 4.79. The predicted octanol–water partition coefficient (Wildman–Crippen LogP) is 2.04. The SMILES string of the molecule is CC(NCCCN(C)C(C)C)C1CCCN(C)C1. The van der Waals surface area contributed by atoms with Gasteiger partial charge in [-0.1, -0.05) is 0 Å². The van der Waals surface area contributed by atoms with Crippen molar-refractivity contribution < 1.29 is 0 Å². The summed E-state index contributed by atoms with van der Waals surface area (Å²) in [6.45, 7) is 11.8. The topological polar surface area (TPSA) is 18.5 Å². The van der Waals surface area contributed by atoms with Crippen molar-refractivity contribution in [1.29, 1.82) is 0 Å². The minimum absolute atomic E-state index is 0.661. The number of rotatable bonds is 7. The summed E-state index contributed by atoms with van der Waals surface area (Å²) < 4.78 is 0. The normalized spacial score (nSPS) is 23.8. The third-order valence-electron chi connectivity index (χ3n) is 4.40. The Morgan fingerprint density at radius 1 is 1.33 bits per heavy atom. The molecule has 0 spiro atoms. The highest BCUT2D eigenvalue weighted by Crippen LogP contribution is 2.18. The zero-order chi connectivity index (χ0) is 13.5. The van der Waals surface area contributed by atoms with Gasteiger partial charge >= 0.3 is 0 Å². The molecule has 1 saturated heterocycles. The molecule has 1 N–H and O–H groups in total. The number of nitrogens with zero attached hydrogens (tertiary/aromatic N) is 2. The van der Waals surface area contributed by atoms with Crippen molar-refractivity contribution in [3.63, 3.8) is 0 Å². The van der Waals surface area contributed by atoms with Crippen molar-refractivity contribution in [1.82, 2.24) is 15.1 Å². The van der Waals surface area contributed by atoms with Crippen LogP contribution in [0.3, 0.4) is 0 Å². The Hall–Kier alpha value is -0.120. The molecule has 3 nitrogen and oxygen atoms in total. The van der Waals surface area contributed by atoms with E-state index in [1.165, 1.54) is 38.9 Å². The third-order valence-corrected chi connectivity index (χ3v) is 4.40. The summed E-state index contributed by atoms with van der Waals surface area (Å²) in [5.41, 5.74) is 0. The Bertz CT molecular complexity index is 218. The zero-order valence-corrected chi connectivity index (χ0v) is 13.1. The van der Waals surface area contributed by atoms with Crippen molar-refractivity contribution in [3.05, 3.63) is 0 Å². The lowest BCUT2D eigenvalue weighted by Crippen LogP contribution is -2.43. The first-order valence-corrected chi connectivity index (χ1v) is 7.63. The van der Waals surface area contributed by atoms with Gasteiger partial charge in [0.15, 0.2) is 0 Å². The second kappa shape index (κ2) is 8.13. The zero-order valence-electron chi connectivity index (χ0n) is 13.1. The summed E-state index contributed by atoms with van der Waals surface area (Å²) >= 11 is 0. The van der Waals surface area contributed by atoms with E-state index in [0.717, 1.165) is 12.5 Å². The molecular weight excluding hydrogens is 222 g/mol. The maximum atomic E-state index is 3.71. The minimum atomic E-state index is 0.661.